The smallest absolute Gasteiger partial charge is 0.143 e. The predicted molar refractivity (Wildman–Crippen MR) is 35.6 cm³/mol. The molecule has 1 aromatic heterocycles. The van der Waals surface area contributed by atoms with Gasteiger partial charge in [-0.25, -0.2) is 4.39 Å². The fourth-order valence-electron chi connectivity index (χ4n) is 0.709. The van der Waals surface area contributed by atoms with Crippen LogP contribution in [-0.4, -0.2) is 12.1 Å². The number of hydrogen-bond acceptors (Lipinski definition) is 2. The van der Waals surface area contributed by atoms with E-state index in [-0.39, 0.29) is 0 Å². The maximum atomic E-state index is 12.0. The summed E-state index contributed by atoms with van der Waals surface area (Å²) in [6.07, 6.45) is 1.54. The van der Waals surface area contributed by atoms with Crippen LogP contribution in [0.15, 0.2) is 18.3 Å². The van der Waals surface area contributed by atoms with E-state index in [1.54, 1.807) is 12.1 Å². The molecule has 0 aliphatic rings. The van der Waals surface area contributed by atoms with Crippen molar-refractivity contribution in [2.45, 2.75) is 6.67 Å². The van der Waals surface area contributed by atoms with Crippen molar-refractivity contribution in [3.05, 3.63) is 24.0 Å². The van der Waals surface area contributed by atoms with Crippen molar-refractivity contribution in [1.82, 2.24) is 4.98 Å². The van der Waals surface area contributed by atoms with E-state index in [4.69, 9.17) is 4.74 Å². The Morgan fingerprint density at radius 3 is 3.00 bits per heavy atom. The van der Waals surface area contributed by atoms with E-state index in [0.717, 1.165) is 0 Å². The minimum atomic E-state index is -0.579. The number of nitrogens with zero attached hydrogens (tertiary/aromatic N) is 1. The second-order valence-electron chi connectivity index (χ2n) is 1.79. The molecule has 0 radical (unpaired) electrons. The van der Waals surface area contributed by atoms with Gasteiger partial charge < -0.3 is 4.74 Å². The second-order valence-corrected chi connectivity index (χ2v) is 1.79. The number of ether oxygens (including phenoxy) is 1. The lowest BCUT2D eigenvalue weighted by molar-refractivity contribution is 0.388. The number of methoxy groups -OCH3 is 1. The second kappa shape index (κ2) is 3.15. The van der Waals surface area contributed by atoms with Crippen LogP contribution in [0.3, 0.4) is 0 Å². The number of halogens is 1. The third-order valence-corrected chi connectivity index (χ3v) is 1.19. The zero-order valence-electron chi connectivity index (χ0n) is 5.67. The Bertz CT molecular complexity index is 192. The topological polar surface area (TPSA) is 22.1 Å². The van der Waals surface area contributed by atoms with Gasteiger partial charge in [0.05, 0.1) is 7.11 Å². The van der Waals surface area contributed by atoms with Gasteiger partial charge in [-0.05, 0) is 12.1 Å². The number of aromatic nitrogens is 1. The molecule has 0 spiro atoms. The third-order valence-electron chi connectivity index (χ3n) is 1.19. The van der Waals surface area contributed by atoms with Crippen LogP contribution in [0.2, 0.25) is 0 Å². The fourth-order valence-corrected chi connectivity index (χ4v) is 0.709. The zero-order valence-corrected chi connectivity index (χ0v) is 5.67. The van der Waals surface area contributed by atoms with Crippen LogP contribution >= 0.6 is 0 Å². The Morgan fingerprint density at radius 1 is 1.70 bits per heavy atom. The molecular formula is C7H8FNO. The number of alkyl halides is 1. The van der Waals surface area contributed by atoms with Crippen molar-refractivity contribution in [3.8, 4) is 5.75 Å². The lowest BCUT2D eigenvalue weighted by Crippen LogP contribution is -1.91. The van der Waals surface area contributed by atoms with Gasteiger partial charge in [0.25, 0.3) is 0 Å². The van der Waals surface area contributed by atoms with Crippen LogP contribution < -0.4 is 4.74 Å². The Kier molecular flexibility index (Phi) is 2.20. The Balaban J connectivity index is 2.96. The van der Waals surface area contributed by atoms with Crippen molar-refractivity contribution >= 4 is 0 Å². The molecule has 2 nitrogen and oxygen atoms in total. The van der Waals surface area contributed by atoms with Crippen LogP contribution in [0.1, 0.15) is 5.69 Å². The molecule has 0 N–H and O–H groups in total. The van der Waals surface area contributed by atoms with Crippen molar-refractivity contribution < 1.29 is 9.13 Å². The van der Waals surface area contributed by atoms with Gasteiger partial charge in [0.15, 0.2) is 0 Å². The highest BCUT2D eigenvalue weighted by atomic mass is 19.1. The largest absolute Gasteiger partial charge is 0.495 e. The molecule has 10 heavy (non-hydrogen) atoms. The van der Waals surface area contributed by atoms with Gasteiger partial charge in [0.1, 0.15) is 18.1 Å². The van der Waals surface area contributed by atoms with Crippen LogP contribution in [0.4, 0.5) is 4.39 Å². The molecule has 3 heteroatoms. The summed E-state index contributed by atoms with van der Waals surface area (Å²) in [6, 6.07) is 3.39. The Labute approximate surface area is 58.7 Å². The zero-order chi connectivity index (χ0) is 7.40. The van der Waals surface area contributed by atoms with Crippen LogP contribution in [0, 0.1) is 0 Å². The molecular weight excluding hydrogens is 133 g/mol. The summed E-state index contributed by atoms with van der Waals surface area (Å²) in [5, 5.41) is 0. The normalized spacial score (nSPS) is 9.40. The molecule has 0 bridgehead atoms. The van der Waals surface area contributed by atoms with Crippen LogP contribution in [-0.2, 0) is 6.67 Å². The molecule has 1 rings (SSSR count). The standard InChI is InChI=1S/C7H8FNO/c1-10-7-3-2-4-9-6(7)5-8/h2-4H,5H2,1H3. The first kappa shape index (κ1) is 6.99. The molecule has 1 heterocycles. The van der Waals surface area contributed by atoms with Gasteiger partial charge in [-0.3, -0.25) is 4.98 Å². The van der Waals surface area contributed by atoms with E-state index < -0.39 is 6.67 Å². The Morgan fingerprint density at radius 2 is 2.50 bits per heavy atom. The van der Waals surface area contributed by atoms with E-state index >= 15 is 0 Å². The van der Waals surface area contributed by atoms with Gasteiger partial charge in [0.2, 0.25) is 0 Å². The number of hydrogen-bond donors (Lipinski definition) is 0. The summed E-state index contributed by atoms with van der Waals surface area (Å²) >= 11 is 0. The average molecular weight is 141 g/mol. The average Bonchev–Trinajstić information content (AvgIpc) is 2.04. The first-order chi connectivity index (χ1) is 4.88. The highest BCUT2D eigenvalue weighted by Crippen LogP contribution is 2.14. The Hall–Kier alpha value is -1.12. The first-order valence-electron chi connectivity index (χ1n) is 2.92. The minimum absolute atomic E-state index is 0.352. The van der Waals surface area contributed by atoms with Crippen molar-refractivity contribution in [3.63, 3.8) is 0 Å². The molecule has 0 saturated heterocycles. The molecule has 1 aromatic rings. The van der Waals surface area contributed by atoms with Crippen molar-refractivity contribution in [2.24, 2.45) is 0 Å². The monoisotopic (exact) mass is 141 g/mol. The number of rotatable bonds is 2. The van der Waals surface area contributed by atoms with Gasteiger partial charge in [-0.15, -0.1) is 0 Å². The maximum absolute atomic E-state index is 12.0. The number of pyridine rings is 1. The summed E-state index contributed by atoms with van der Waals surface area (Å²) in [6.45, 7) is -0.579. The van der Waals surface area contributed by atoms with E-state index in [1.807, 2.05) is 0 Å². The minimum Gasteiger partial charge on any atom is -0.495 e. The molecule has 54 valence electrons. The quantitative estimate of drug-likeness (QED) is 0.623. The molecule has 0 aliphatic heterocycles. The molecule has 0 saturated carbocycles. The van der Waals surface area contributed by atoms with E-state index in [1.165, 1.54) is 13.3 Å². The van der Waals surface area contributed by atoms with Gasteiger partial charge in [-0.1, -0.05) is 0 Å². The highest BCUT2D eigenvalue weighted by Gasteiger charge is 1.99. The molecule has 0 aliphatic carbocycles. The summed E-state index contributed by atoms with van der Waals surface area (Å²) in [5.74, 6) is 0.505. The molecule has 0 amide bonds. The molecule has 0 unspecified atom stereocenters. The third kappa shape index (κ3) is 1.23. The molecule has 0 atom stereocenters. The van der Waals surface area contributed by atoms with Gasteiger partial charge in [-0.2, -0.15) is 0 Å². The van der Waals surface area contributed by atoms with Gasteiger partial charge >= 0.3 is 0 Å². The van der Waals surface area contributed by atoms with E-state index in [2.05, 4.69) is 4.98 Å². The molecule has 0 aromatic carbocycles. The van der Waals surface area contributed by atoms with Gasteiger partial charge in [0, 0.05) is 6.20 Å². The summed E-state index contributed by atoms with van der Waals surface area (Å²) < 4.78 is 16.9. The fraction of sp³-hybridized carbons (Fsp3) is 0.286. The summed E-state index contributed by atoms with van der Waals surface area (Å²) in [5.41, 5.74) is 0.352. The van der Waals surface area contributed by atoms with Crippen LogP contribution in [0.25, 0.3) is 0 Å². The SMILES string of the molecule is COc1cccnc1CF. The van der Waals surface area contributed by atoms with E-state index in [0.29, 0.717) is 11.4 Å². The lowest BCUT2D eigenvalue weighted by atomic mass is 10.3. The van der Waals surface area contributed by atoms with E-state index in [9.17, 15) is 4.39 Å². The lowest BCUT2D eigenvalue weighted by Gasteiger charge is -2.01. The highest BCUT2D eigenvalue weighted by molar-refractivity contribution is 5.25. The summed E-state index contributed by atoms with van der Waals surface area (Å²) in [7, 11) is 1.50. The van der Waals surface area contributed by atoms with Crippen LogP contribution in [0.5, 0.6) is 5.75 Å². The predicted octanol–water partition coefficient (Wildman–Crippen LogP) is 1.56. The van der Waals surface area contributed by atoms with Crippen molar-refractivity contribution in [2.75, 3.05) is 7.11 Å². The first-order valence-corrected chi connectivity index (χ1v) is 2.92. The molecule has 0 fully saturated rings. The maximum Gasteiger partial charge on any atom is 0.143 e. The summed E-state index contributed by atoms with van der Waals surface area (Å²) in [4.78, 5) is 3.77. The van der Waals surface area contributed by atoms with Crippen molar-refractivity contribution in [1.29, 1.82) is 0 Å².